The van der Waals surface area contributed by atoms with E-state index in [0.29, 0.717) is 38.3 Å². The zero-order chi connectivity index (χ0) is 18.8. The van der Waals surface area contributed by atoms with Gasteiger partial charge in [-0.25, -0.2) is 0 Å². The van der Waals surface area contributed by atoms with Crippen molar-refractivity contribution < 1.29 is 23.9 Å². The number of para-hydroxylation sites is 1. The number of nitrogens with zero attached hydrogens (tertiary/aromatic N) is 1. The average molecular weight is 362 g/mol. The van der Waals surface area contributed by atoms with E-state index in [1.165, 1.54) is 0 Å². The Labute approximate surface area is 153 Å². The fraction of sp³-hybridized carbons (Fsp3) is 0.526. The molecule has 0 bridgehead atoms. The van der Waals surface area contributed by atoms with Gasteiger partial charge >= 0.3 is 5.97 Å². The molecule has 2 rings (SSSR count). The van der Waals surface area contributed by atoms with E-state index in [4.69, 9.17) is 9.47 Å². The zero-order valence-electron chi connectivity index (χ0n) is 15.1. The number of piperidine rings is 1. The third kappa shape index (κ3) is 6.74. The summed E-state index contributed by atoms with van der Waals surface area (Å²) in [4.78, 5) is 37.1. The molecule has 7 nitrogen and oxygen atoms in total. The molecule has 7 heteroatoms. The summed E-state index contributed by atoms with van der Waals surface area (Å²) < 4.78 is 10.2. The number of hydrogen-bond acceptors (Lipinski definition) is 5. The number of benzene rings is 1. The van der Waals surface area contributed by atoms with Crippen LogP contribution in [0, 0.1) is 0 Å². The maximum Gasteiger partial charge on any atom is 0.306 e. The highest BCUT2D eigenvalue weighted by Crippen LogP contribution is 2.13. The molecule has 1 saturated heterocycles. The Bertz CT molecular complexity index is 597. The smallest absolute Gasteiger partial charge is 0.306 e. The van der Waals surface area contributed by atoms with Gasteiger partial charge < -0.3 is 19.7 Å². The second-order valence-corrected chi connectivity index (χ2v) is 6.13. The van der Waals surface area contributed by atoms with Crippen molar-refractivity contribution in [3.8, 4) is 5.75 Å². The molecule has 0 unspecified atom stereocenters. The maximum atomic E-state index is 12.1. The minimum absolute atomic E-state index is 0.0251. The molecule has 0 aliphatic carbocycles. The maximum absolute atomic E-state index is 12.1. The first-order valence-corrected chi connectivity index (χ1v) is 8.99. The van der Waals surface area contributed by atoms with Crippen LogP contribution in [0.15, 0.2) is 30.3 Å². The quantitative estimate of drug-likeness (QED) is 0.709. The summed E-state index contributed by atoms with van der Waals surface area (Å²) in [7, 11) is 0. The van der Waals surface area contributed by atoms with Crippen LogP contribution in [0.1, 0.15) is 32.6 Å². The van der Waals surface area contributed by atoms with E-state index in [0.717, 1.165) is 0 Å². The number of amides is 2. The van der Waals surface area contributed by atoms with Crippen LogP contribution in [0.4, 0.5) is 0 Å². The summed E-state index contributed by atoms with van der Waals surface area (Å²) in [6.45, 7) is 3.19. The molecule has 1 heterocycles. The fourth-order valence-electron chi connectivity index (χ4n) is 2.81. The zero-order valence-corrected chi connectivity index (χ0v) is 15.1. The van der Waals surface area contributed by atoms with Crippen molar-refractivity contribution in [1.82, 2.24) is 10.2 Å². The molecule has 1 aromatic rings. The molecular weight excluding hydrogens is 336 g/mol. The Morgan fingerprint density at radius 1 is 1.12 bits per heavy atom. The van der Waals surface area contributed by atoms with E-state index in [2.05, 4.69) is 5.32 Å². The Balaban J connectivity index is 1.63. The van der Waals surface area contributed by atoms with Crippen molar-refractivity contribution in [2.75, 3.05) is 26.3 Å². The summed E-state index contributed by atoms with van der Waals surface area (Å²) in [5.74, 6) is 0.0993. The summed E-state index contributed by atoms with van der Waals surface area (Å²) in [6.07, 6.45) is 1.67. The van der Waals surface area contributed by atoms with Gasteiger partial charge in [-0.3, -0.25) is 14.4 Å². The van der Waals surface area contributed by atoms with Crippen LogP contribution in [0.3, 0.4) is 0 Å². The third-order valence-electron chi connectivity index (χ3n) is 4.17. The number of rotatable bonds is 8. The molecule has 2 amide bonds. The van der Waals surface area contributed by atoms with Gasteiger partial charge in [0, 0.05) is 25.6 Å². The van der Waals surface area contributed by atoms with E-state index in [-0.39, 0.29) is 43.3 Å². The van der Waals surface area contributed by atoms with E-state index >= 15 is 0 Å². The van der Waals surface area contributed by atoms with Gasteiger partial charge in [-0.2, -0.15) is 0 Å². The Kier molecular flexibility index (Phi) is 7.92. The number of ether oxygens (including phenoxy) is 2. The van der Waals surface area contributed by atoms with Gasteiger partial charge in [0.15, 0.2) is 6.61 Å². The van der Waals surface area contributed by atoms with Crippen LogP contribution in [-0.2, 0) is 19.1 Å². The monoisotopic (exact) mass is 362 g/mol. The fourth-order valence-corrected chi connectivity index (χ4v) is 2.81. The van der Waals surface area contributed by atoms with Crippen molar-refractivity contribution in [3.05, 3.63) is 30.3 Å². The molecule has 1 N–H and O–H groups in total. The Morgan fingerprint density at radius 2 is 1.81 bits per heavy atom. The minimum atomic E-state index is -0.346. The topological polar surface area (TPSA) is 84.9 Å². The Morgan fingerprint density at radius 3 is 2.46 bits per heavy atom. The molecule has 0 saturated carbocycles. The van der Waals surface area contributed by atoms with Crippen LogP contribution >= 0.6 is 0 Å². The van der Waals surface area contributed by atoms with E-state index in [9.17, 15) is 14.4 Å². The number of esters is 1. The van der Waals surface area contributed by atoms with Crippen LogP contribution in [0.2, 0.25) is 0 Å². The summed E-state index contributed by atoms with van der Waals surface area (Å²) >= 11 is 0. The van der Waals surface area contributed by atoms with Crippen LogP contribution in [-0.4, -0.2) is 55.0 Å². The molecule has 26 heavy (non-hydrogen) atoms. The molecule has 0 atom stereocenters. The lowest BCUT2D eigenvalue weighted by Crippen LogP contribution is -2.47. The lowest BCUT2D eigenvalue weighted by Gasteiger charge is -2.32. The van der Waals surface area contributed by atoms with Crippen LogP contribution in [0.25, 0.3) is 0 Å². The Hall–Kier alpha value is -2.57. The van der Waals surface area contributed by atoms with E-state index in [1.807, 2.05) is 18.2 Å². The van der Waals surface area contributed by atoms with Gasteiger partial charge in [0.05, 0.1) is 13.0 Å². The number of nitrogens with one attached hydrogen (secondary N) is 1. The molecular formula is C19H26N2O5. The normalized spacial score (nSPS) is 14.6. The van der Waals surface area contributed by atoms with Gasteiger partial charge in [0.25, 0.3) is 5.91 Å². The van der Waals surface area contributed by atoms with Crippen LogP contribution in [0.5, 0.6) is 5.75 Å². The highest BCUT2D eigenvalue weighted by molar-refractivity contribution is 5.81. The number of carbonyl (C=O) groups excluding carboxylic acids is 3. The molecule has 1 aliphatic rings. The van der Waals surface area contributed by atoms with Crippen molar-refractivity contribution in [3.63, 3.8) is 0 Å². The third-order valence-corrected chi connectivity index (χ3v) is 4.17. The largest absolute Gasteiger partial charge is 0.484 e. The van der Waals surface area contributed by atoms with Gasteiger partial charge in [-0.1, -0.05) is 18.2 Å². The first-order valence-electron chi connectivity index (χ1n) is 8.99. The SMILES string of the molecule is CCOC(=O)CCC(=O)N1CCC(NC(=O)COc2ccccc2)CC1. The van der Waals surface area contributed by atoms with Crippen molar-refractivity contribution >= 4 is 17.8 Å². The molecule has 1 aliphatic heterocycles. The second-order valence-electron chi connectivity index (χ2n) is 6.13. The second kappa shape index (κ2) is 10.4. The highest BCUT2D eigenvalue weighted by Gasteiger charge is 2.24. The van der Waals surface area contributed by atoms with Gasteiger partial charge in [0.2, 0.25) is 5.91 Å². The minimum Gasteiger partial charge on any atom is -0.484 e. The first kappa shape index (κ1) is 19.8. The number of likely N-dealkylation sites (tertiary alicyclic amines) is 1. The van der Waals surface area contributed by atoms with Crippen LogP contribution < -0.4 is 10.1 Å². The van der Waals surface area contributed by atoms with Gasteiger partial charge in [0.1, 0.15) is 5.75 Å². The number of hydrogen-bond donors (Lipinski definition) is 1. The lowest BCUT2D eigenvalue weighted by atomic mass is 10.0. The molecule has 0 aromatic heterocycles. The van der Waals surface area contributed by atoms with Gasteiger partial charge in [-0.05, 0) is 31.9 Å². The molecule has 142 valence electrons. The number of carbonyl (C=O) groups is 3. The first-order chi connectivity index (χ1) is 12.6. The summed E-state index contributed by atoms with van der Waals surface area (Å²) in [5, 5.41) is 2.94. The standard InChI is InChI=1S/C19H26N2O5/c1-2-25-19(24)9-8-18(23)21-12-10-15(11-13-21)20-17(22)14-26-16-6-4-3-5-7-16/h3-7,15H,2,8-14H2,1H3,(H,20,22). The van der Waals surface area contributed by atoms with E-state index in [1.54, 1.807) is 24.0 Å². The summed E-state index contributed by atoms with van der Waals surface area (Å²) in [5.41, 5.74) is 0. The lowest BCUT2D eigenvalue weighted by molar-refractivity contribution is -0.146. The van der Waals surface area contributed by atoms with Crippen molar-refractivity contribution in [2.24, 2.45) is 0 Å². The molecule has 0 radical (unpaired) electrons. The van der Waals surface area contributed by atoms with E-state index < -0.39 is 0 Å². The van der Waals surface area contributed by atoms with Gasteiger partial charge in [-0.15, -0.1) is 0 Å². The highest BCUT2D eigenvalue weighted by atomic mass is 16.5. The van der Waals surface area contributed by atoms with Crippen molar-refractivity contribution in [1.29, 1.82) is 0 Å². The molecule has 0 spiro atoms. The van der Waals surface area contributed by atoms with Crippen molar-refractivity contribution in [2.45, 2.75) is 38.6 Å². The summed E-state index contributed by atoms with van der Waals surface area (Å²) in [6, 6.07) is 9.22. The predicted octanol–water partition coefficient (Wildman–Crippen LogP) is 1.52. The molecule has 1 aromatic carbocycles. The predicted molar refractivity (Wildman–Crippen MR) is 95.5 cm³/mol. The molecule has 1 fully saturated rings. The average Bonchev–Trinajstić information content (AvgIpc) is 2.66.